The summed E-state index contributed by atoms with van der Waals surface area (Å²) in [5.41, 5.74) is 1.09. The Balaban J connectivity index is 2.00. The van der Waals surface area contributed by atoms with E-state index in [1.807, 2.05) is 11.4 Å². The zero-order valence-electron chi connectivity index (χ0n) is 11.6. The fourth-order valence-electron chi connectivity index (χ4n) is 1.71. The Labute approximate surface area is 126 Å². The van der Waals surface area contributed by atoms with Gasteiger partial charge in [0.05, 0.1) is 11.5 Å². The molecule has 0 saturated carbocycles. The molecular weight excluding hydrogens is 288 g/mol. The van der Waals surface area contributed by atoms with Crippen LogP contribution in [0.3, 0.4) is 0 Å². The third kappa shape index (κ3) is 4.40. The molecule has 0 saturated heterocycles. The minimum Gasteiger partial charge on any atom is -0.383 e. The Morgan fingerprint density at radius 1 is 1.19 bits per heavy atom. The number of carbonyl (C=O) groups is 2. The molecule has 2 aromatic rings. The van der Waals surface area contributed by atoms with E-state index in [2.05, 4.69) is 10.6 Å². The van der Waals surface area contributed by atoms with Gasteiger partial charge in [-0.3, -0.25) is 9.59 Å². The predicted molar refractivity (Wildman–Crippen MR) is 82.9 cm³/mol. The van der Waals surface area contributed by atoms with Crippen LogP contribution in [0.5, 0.6) is 0 Å². The third-order valence-electron chi connectivity index (χ3n) is 2.72. The van der Waals surface area contributed by atoms with E-state index in [0.29, 0.717) is 29.3 Å². The van der Waals surface area contributed by atoms with Gasteiger partial charge in [-0.25, -0.2) is 0 Å². The fraction of sp³-hybridized carbons (Fsp3) is 0.200. The maximum atomic E-state index is 11.9. The topological polar surface area (TPSA) is 67.4 Å². The van der Waals surface area contributed by atoms with E-state index >= 15 is 0 Å². The molecule has 2 rings (SSSR count). The van der Waals surface area contributed by atoms with E-state index in [1.165, 1.54) is 11.3 Å². The number of rotatable bonds is 6. The number of thiophene rings is 1. The van der Waals surface area contributed by atoms with Crippen LogP contribution in [0.2, 0.25) is 0 Å². The van der Waals surface area contributed by atoms with Crippen molar-refractivity contribution >= 4 is 28.8 Å². The summed E-state index contributed by atoms with van der Waals surface area (Å²) in [5, 5.41) is 7.35. The summed E-state index contributed by atoms with van der Waals surface area (Å²) < 4.78 is 4.88. The highest BCUT2D eigenvalue weighted by Crippen LogP contribution is 2.14. The molecule has 0 bridgehead atoms. The molecule has 21 heavy (non-hydrogen) atoms. The van der Waals surface area contributed by atoms with E-state index in [1.54, 1.807) is 37.4 Å². The molecule has 0 atom stereocenters. The summed E-state index contributed by atoms with van der Waals surface area (Å²) in [6, 6.07) is 10.4. The molecule has 0 unspecified atom stereocenters. The molecule has 1 aromatic heterocycles. The van der Waals surface area contributed by atoms with Gasteiger partial charge in [-0.1, -0.05) is 12.1 Å². The smallest absolute Gasteiger partial charge is 0.265 e. The van der Waals surface area contributed by atoms with E-state index in [-0.39, 0.29) is 11.8 Å². The molecule has 0 fully saturated rings. The van der Waals surface area contributed by atoms with Crippen molar-refractivity contribution in [1.29, 1.82) is 0 Å². The van der Waals surface area contributed by atoms with Crippen LogP contribution in [0.15, 0.2) is 41.8 Å². The molecule has 2 N–H and O–H groups in total. The van der Waals surface area contributed by atoms with E-state index in [4.69, 9.17) is 4.74 Å². The SMILES string of the molecule is COCCNC(=O)c1cccc(NC(=O)c2cccs2)c1. The third-order valence-corrected chi connectivity index (χ3v) is 3.59. The molecule has 0 radical (unpaired) electrons. The predicted octanol–water partition coefficient (Wildman–Crippen LogP) is 2.38. The molecule has 5 nitrogen and oxygen atoms in total. The van der Waals surface area contributed by atoms with Crippen molar-refractivity contribution in [3.63, 3.8) is 0 Å². The Kier molecular flexibility index (Phi) is 5.48. The number of methoxy groups -OCH3 is 1. The van der Waals surface area contributed by atoms with Crippen LogP contribution in [-0.2, 0) is 4.74 Å². The van der Waals surface area contributed by atoms with Crippen molar-refractivity contribution in [3.8, 4) is 0 Å². The van der Waals surface area contributed by atoms with Gasteiger partial charge in [-0.2, -0.15) is 0 Å². The van der Waals surface area contributed by atoms with Crippen LogP contribution in [0.4, 0.5) is 5.69 Å². The van der Waals surface area contributed by atoms with Crippen molar-refractivity contribution < 1.29 is 14.3 Å². The molecule has 0 aliphatic rings. The van der Waals surface area contributed by atoms with Crippen LogP contribution >= 0.6 is 11.3 Å². The Morgan fingerprint density at radius 2 is 2.05 bits per heavy atom. The van der Waals surface area contributed by atoms with Gasteiger partial charge < -0.3 is 15.4 Å². The molecule has 1 aromatic carbocycles. The first-order valence-electron chi connectivity index (χ1n) is 6.43. The lowest BCUT2D eigenvalue weighted by Crippen LogP contribution is -2.27. The van der Waals surface area contributed by atoms with Crippen molar-refractivity contribution in [2.24, 2.45) is 0 Å². The number of hydrogen-bond acceptors (Lipinski definition) is 4. The molecular formula is C15H16N2O3S. The summed E-state index contributed by atoms with van der Waals surface area (Å²) >= 11 is 1.37. The van der Waals surface area contributed by atoms with Crippen LogP contribution in [0.1, 0.15) is 20.0 Å². The highest BCUT2D eigenvalue weighted by molar-refractivity contribution is 7.12. The highest BCUT2D eigenvalue weighted by Gasteiger charge is 2.09. The molecule has 110 valence electrons. The quantitative estimate of drug-likeness (QED) is 0.805. The first kappa shape index (κ1) is 15.2. The number of benzene rings is 1. The van der Waals surface area contributed by atoms with Crippen LogP contribution in [0.25, 0.3) is 0 Å². The first-order chi connectivity index (χ1) is 10.2. The number of hydrogen-bond donors (Lipinski definition) is 2. The van der Waals surface area contributed by atoms with Gasteiger partial charge in [-0.05, 0) is 29.6 Å². The van der Waals surface area contributed by atoms with Crippen molar-refractivity contribution in [2.75, 3.05) is 25.6 Å². The van der Waals surface area contributed by atoms with Gasteiger partial charge in [0, 0.05) is 24.9 Å². The average Bonchev–Trinajstić information content (AvgIpc) is 3.02. The average molecular weight is 304 g/mol. The molecule has 0 aliphatic carbocycles. The largest absolute Gasteiger partial charge is 0.383 e. The second-order valence-corrected chi connectivity index (χ2v) is 5.21. The lowest BCUT2D eigenvalue weighted by Gasteiger charge is -2.07. The maximum Gasteiger partial charge on any atom is 0.265 e. The van der Waals surface area contributed by atoms with Crippen LogP contribution < -0.4 is 10.6 Å². The van der Waals surface area contributed by atoms with E-state index in [9.17, 15) is 9.59 Å². The van der Waals surface area contributed by atoms with Gasteiger partial charge in [0.25, 0.3) is 11.8 Å². The minimum absolute atomic E-state index is 0.179. The molecule has 2 amide bonds. The minimum atomic E-state index is -0.195. The van der Waals surface area contributed by atoms with Crippen molar-refractivity contribution in [3.05, 3.63) is 52.2 Å². The van der Waals surface area contributed by atoms with Gasteiger partial charge in [0.15, 0.2) is 0 Å². The maximum absolute atomic E-state index is 11.9. The summed E-state index contributed by atoms with van der Waals surface area (Å²) in [6.45, 7) is 0.904. The zero-order valence-corrected chi connectivity index (χ0v) is 12.4. The van der Waals surface area contributed by atoms with Gasteiger partial charge >= 0.3 is 0 Å². The van der Waals surface area contributed by atoms with Gasteiger partial charge in [0.1, 0.15) is 0 Å². The number of carbonyl (C=O) groups excluding carboxylic acids is 2. The van der Waals surface area contributed by atoms with Crippen molar-refractivity contribution in [1.82, 2.24) is 5.32 Å². The second kappa shape index (κ2) is 7.56. The van der Waals surface area contributed by atoms with Crippen LogP contribution in [-0.4, -0.2) is 32.1 Å². The molecule has 6 heteroatoms. The number of amides is 2. The first-order valence-corrected chi connectivity index (χ1v) is 7.30. The molecule has 1 heterocycles. The lowest BCUT2D eigenvalue weighted by atomic mass is 10.2. The molecule has 0 spiro atoms. The van der Waals surface area contributed by atoms with Gasteiger partial charge in [-0.15, -0.1) is 11.3 Å². The van der Waals surface area contributed by atoms with Gasteiger partial charge in [0.2, 0.25) is 0 Å². The number of ether oxygens (including phenoxy) is 1. The zero-order chi connectivity index (χ0) is 15.1. The summed E-state index contributed by atoms with van der Waals surface area (Å²) in [5.74, 6) is -0.374. The second-order valence-electron chi connectivity index (χ2n) is 4.26. The Bertz CT molecular complexity index is 611. The molecule has 0 aliphatic heterocycles. The lowest BCUT2D eigenvalue weighted by molar-refractivity contribution is 0.0936. The standard InChI is InChI=1S/C15H16N2O3S/c1-20-8-7-16-14(18)11-4-2-5-12(10-11)17-15(19)13-6-3-9-21-13/h2-6,9-10H,7-8H2,1H3,(H,16,18)(H,17,19). The normalized spacial score (nSPS) is 10.1. The number of nitrogens with one attached hydrogen (secondary N) is 2. The monoisotopic (exact) mass is 304 g/mol. The summed E-state index contributed by atoms with van der Waals surface area (Å²) in [7, 11) is 1.58. The Morgan fingerprint density at radius 3 is 2.76 bits per heavy atom. The number of anilines is 1. The highest BCUT2D eigenvalue weighted by atomic mass is 32.1. The van der Waals surface area contributed by atoms with E-state index < -0.39 is 0 Å². The fourth-order valence-corrected chi connectivity index (χ4v) is 2.33. The summed E-state index contributed by atoms with van der Waals surface area (Å²) in [4.78, 5) is 24.5. The van der Waals surface area contributed by atoms with Crippen LogP contribution in [0, 0.1) is 0 Å². The van der Waals surface area contributed by atoms with Crippen molar-refractivity contribution in [2.45, 2.75) is 0 Å². The van der Waals surface area contributed by atoms with E-state index in [0.717, 1.165) is 0 Å². The summed E-state index contributed by atoms with van der Waals surface area (Å²) in [6.07, 6.45) is 0. The Hall–Kier alpha value is -2.18.